The molecule has 0 saturated carbocycles. The number of nitrogens with one attached hydrogen (secondary N) is 1. The van der Waals surface area contributed by atoms with Crippen LogP contribution in [0.3, 0.4) is 0 Å². The van der Waals surface area contributed by atoms with E-state index in [1.165, 1.54) is 29.9 Å². The lowest BCUT2D eigenvalue weighted by Gasteiger charge is -2.21. The van der Waals surface area contributed by atoms with Gasteiger partial charge in [-0.15, -0.1) is 0 Å². The molecule has 0 aliphatic rings. The standard InChI is InChI=1S/C31H29F3N8O3/c1-19(28-36-17-25(45-28)18-42(3,4)5)38-29(43)40-27(26-13-14-37-41(26)23-11-9-21(16-35)10-12-23)20(2)39(30(40)44)24-8-6-7-22(15-24)31(32,33)34/h6-15,17,19H,18H2,1-5H3/p+1. The molecule has 1 atom stereocenters. The van der Waals surface area contributed by atoms with Crippen LogP contribution >= 0.6 is 0 Å². The number of amides is 1. The Morgan fingerprint density at radius 1 is 1.11 bits per heavy atom. The van der Waals surface area contributed by atoms with Gasteiger partial charge < -0.3 is 14.2 Å². The van der Waals surface area contributed by atoms with Gasteiger partial charge in [-0.3, -0.25) is 4.57 Å². The predicted octanol–water partition coefficient (Wildman–Crippen LogP) is 5.20. The topological polar surface area (TPSA) is 124 Å². The van der Waals surface area contributed by atoms with Crippen LogP contribution in [0.1, 0.15) is 41.4 Å². The first kappa shape index (κ1) is 31.0. The maximum absolute atomic E-state index is 14.0. The minimum atomic E-state index is -4.65. The normalized spacial score (nSPS) is 12.6. The highest BCUT2D eigenvalue weighted by Gasteiger charge is 2.32. The number of hydrogen-bond donors (Lipinski definition) is 1. The number of carbonyl (C=O) groups is 1. The highest BCUT2D eigenvalue weighted by molar-refractivity contribution is 5.83. The summed E-state index contributed by atoms with van der Waals surface area (Å²) in [5, 5.41) is 16.3. The summed E-state index contributed by atoms with van der Waals surface area (Å²) in [5.74, 6) is 0.826. The van der Waals surface area contributed by atoms with Crippen molar-refractivity contribution in [2.75, 3.05) is 21.1 Å². The van der Waals surface area contributed by atoms with Crippen molar-refractivity contribution in [3.05, 3.63) is 106 Å². The first-order chi connectivity index (χ1) is 21.2. The summed E-state index contributed by atoms with van der Waals surface area (Å²) >= 11 is 0. The molecule has 11 nitrogen and oxygen atoms in total. The Kier molecular flexibility index (Phi) is 7.99. The molecule has 1 unspecified atom stereocenters. The second-order valence-electron chi connectivity index (χ2n) is 11.5. The molecule has 1 amide bonds. The third kappa shape index (κ3) is 6.29. The Labute approximate surface area is 256 Å². The zero-order valence-corrected chi connectivity index (χ0v) is 25.1. The van der Waals surface area contributed by atoms with Crippen LogP contribution < -0.4 is 11.0 Å². The van der Waals surface area contributed by atoms with Gasteiger partial charge in [0.25, 0.3) is 0 Å². The van der Waals surface area contributed by atoms with Crippen molar-refractivity contribution in [1.29, 1.82) is 5.26 Å². The van der Waals surface area contributed by atoms with E-state index in [4.69, 9.17) is 4.42 Å². The minimum absolute atomic E-state index is 0.0738. The molecule has 0 fully saturated rings. The van der Waals surface area contributed by atoms with Gasteiger partial charge in [0.15, 0.2) is 5.76 Å². The molecular formula is C31H30F3N8O3+. The van der Waals surface area contributed by atoms with Crippen LogP contribution in [0.2, 0.25) is 0 Å². The summed E-state index contributed by atoms with van der Waals surface area (Å²) in [6.07, 6.45) is -1.61. The molecule has 0 aliphatic heterocycles. The lowest BCUT2D eigenvalue weighted by atomic mass is 10.2. The maximum atomic E-state index is 14.0. The quantitative estimate of drug-likeness (QED) is 0.250. The molecule has 2 aromatic carbocycles. The average Bonchev–Trinajstić information content (AvgIpc) is 3.69. The Morgan fingerprint density at radius 2 is 1.82 bits per heavy atom. The number of oxazole rings is 1. The Bertz CT molecular complexity index is 1970. The zero-order chi connectivity index (χ0) is 32.7. The van der Waals surface area contributed by atoms with Crippen LogP contribution in [0, 0.1) is 18.3 Å². The molecule has 3 heterocycles. The number of alkyl halides is 3. The number of quaternary nitrogens is 1. The van der Waals surface area contributed by atoms with E-state index in [2.05, 4.69) is 15.4 Å². The van der Waals surface area contributed by atoms with Gasteiger partial charge in [0, 0.05) is 0 Å². The highest BCUT2D eigenvalue weighted by Crippen LogP contribution is 2.32. The molecule has 1 N–H and O–H groups in total. The molecule has 45 heavy (non-hydrogen) atoms. The molecule has 0 spiro atoms. The van der Waals surface area contributed by atoms with Crippen molar-refractivity contribution in [2.24, 2.45) is 0 Å². The molecule has 5 aromatic rings. The molecule has 0 aliphatic carbocycles. The lowest BCUT2D eigenvalue weighted by Crippen LogP contribution is -2.38. The zero-order valence-electron chi connectivity index (χ0n) is 25.1. The second-order valence-corrected chi connectivity index (χ2v) is 11.5. The number of benzene rings is 2. The van der Waals surface area contributed by atoms with E-state index in [0.29, 0.717) is 33.7 Å². The van der Waals surface area contributed by atoms with Gasteiger partial charge in [-0.1, -0.05) is 6.07 Å². The fourth-order valence-electron chi connectivity index (χ4n) is 4.96. The van der Waals surface area contributed by atoms with Crippen LogP contribution in [0.15, 0.2) is 76.2 Å². The van der Waals surface area contributed by atoms with Crippen molar-refractivity contribution < 1.29 is 26.9 Å². The largest absolute Gasteiger partial charge is 0.437 e. The molecule has 3 aromatic heterocycles. The number of halogens is 3. The smallest absolute Gasteiger partial charge is 0.416 e. The van der Waals surface area contributed by atoms with Gasteiger partial charge in [0.2, 0.25) is 5.89 Å². The number of hydrogen-bond acceptors (Lipinski definition) is 6. The molecule has 5 rings (SSSR count). The van der Waals surface area contributed by atoms with E-state index in [1.54, 1.807) is 43.5 Å². The first-order valence-electron chi connectivity index (χ1n) is 13.8. The average molecular weight is 620 g/mol. The number of nitrogens with zero attached hydrogens (tertiary/aromatic N) is 7. The SMILES string of the molecule is Cc1c(-c2ccnn2-c2ccc(C#N)cc2)n(C(=O)NC(C)c2ncc(C[N+](C)(C)C)o2)c(=O)n1-c1cccc(C(F)(F)F)c1. The fraction of sp³-hybridized carbons (Fsp3) is 0.258. The van der Waals surface area contributed by atoms with Gasteiger partial charge in [-0.2, -0.15) is 23.5 Å². The second kappa shape index (κ2) is 11.6. The van der Waals surface area contributed by atoms with E-state index in [9.17, 15) is 28.0 Å². The minimum Gasteiger partial charge on any atom is -0.437 e. The lowest BCUT2D eigenvalue weighted by molar-refractivity contribution is -0.884. The van der Waals surface area contributed by atoms with Gasteiger partial charge >= 0.3 is 17.9 Å². The maximum Gasteiger partial charge on any atom is 0.416 e. The molecule has 14 heteroatoms. The number of carbonyl (C=O) groups excluding carboxylic acids is 1. The Morgan fingerprint density at radius 3 is 2.47 bits per heavy atom. The number of aromatic nitrogens is 5. The van der Waals surface area contributed by atoms with Crippen molar-refractivity contribution in [3.63, 3.8) is 0 Å². The highest BCUT2D eigenvalue weighted by atomic mass is 19.4. The van der Waals surface area contributed by atoms with E-state index in [-0.39, 0.29) is 23.0 Å². The predicted molar refractivity (Wildman–Crippen MR) is 158 cm³/mol. The van der Waals surface area contributed by atoms with Crippen molar-refractivity contribution >= 4 is 6.03 Å². The number of nitriles is 1. The van der Waals surface area contributed by atoms with Crippen molar-refractivity contribution in [3.8, 4) is 28.8 Å². The fourth-order valence-corrected chi connectivity index (χ4v) is 4.96. The Balaban J connectivity index is 1.63. The molecule has 0 radical (unpaired) electrons. The molecule has 232 valence electrons. The summed E-state index contributed by atoms with van der Waals surface area (Å²) in [4.78, 5) is 32.2. The first-order valence-corrected chi connectivity index (χ1v) is 13.8. The number of rotatable bonds is 7. The summed E-state index contributed by atoms with van der Waals surface area (Å²) in [6.45, 7) is 3.73. The van der Waals surface area contributed by atoms with Crippen LogP contribution in [0.5, 0.6) is 0 Å². The summed E-state index contributed by atoms with van der Waals surface area (Å²) in [7, 11) is 5.96. The Hall–Kier alpha value is -5.42. The van der Waals surface area contributed by atoms with Gasteiger partial charge in [-0.05, 0) is 62.4 Å². The number of imidazole rings is 1. The summed E-state index contributed by atoms with van der Waals surface area (Å²) in [5.41, 5.74) is -0.370. The third-order valence-electron chi connectivity index (χ3n) is 6.96. The monoisotopic (exact) mass is 619 g/mol. The molecular weight excluding hydrogens is 589 g/mol. The van der Waals surface area contributed by atoms with E-state index in [1.807, 2.05) is 27.2 Å². The van der Waals surface area contributed by atoms with Gasteiger partial charge in [-0.25, -0.2) is 23.8 Å². The van der Waals surface area contributed by atoms with Crippen LogP contribution in [-0.2, 0) is 12.7 Å². The summed E-state index contributed by atoms with van der Waals surface area (Å²) in [6, 6.07) is 12.8. The van der Waals surface area contributed by atoms with E-state index >= 15 is 0 Å². The van der Waals surface area contributed by atoms with E-state index < -0.39 is 29.5 Å². The molecule has 0 saturated heterocycles. The van der Waals surface area contributed by atoms with Crippen LogP contribution in [-0.4, -0.2) is 55.6 Å². The van der Waals surface area contributed by atoms with Crippen molar-refractivity contribution in [1.82, 2.24) is 29.2 Å². The van der Waals surface area contributed by atoms with Crippen LogP contribution in [0.4, 0.5) is 18.0 Å². The van der Waals surface area contributed by atoms with Gasteiger partial charge in [0.1, 0.15) is 18.3 Å². The third-order valence-corrected chi connectivity index (χ3v) is 6.96. The molecule has 0 bridgehead atoms. The van der Waals surface area contributed by atoms with E-state index in [0.717, 1.165) is 21.3 Å². The van der Waals surface area contributed by atoms with Crippen molar-refractivity contribution in [2.45, 2.75) is 32.6 Å². The van der Waals surface area contributed by atoms with Gasteiger partial charge in [0.05, 0.1) is 73.5 Å². The summed E-state index contributed by atoms with van der Waals surface area (Å²) < 4.78 is 50.6. The van der Waals surface area contributed by atoms with Crippen LogP contribution in [0.25, 0.3) is 22.8 Å².